The second-order valence-electron chi connectivity index (χ2n) is 6.22. The van der Waals surface area contributed by atoms with Gasteiger partial charge in [-0.2, -0.15) is 0 Å². The molecule has 2 aromatic carbocycles. The molecule has 0 aliphatic carbocycles. The Kier molecular flexibility index (Phi) is 6.07. The quantitative estimate of drug-likeness (QED) is 0.631. The second kappa shape index (κ2) is 8.25. The molecule has 0 heterocycles. The molecule has 0 atom stereocenters. The van der Waals surface area contributed by atoms with Gasteiger partial charge in [-0.05, 0) is 69.2 Å². The molecule has 0 saturated heterocycles. The Morgan fingerprint density at radius 1 is 0.885 bits per heavy atom. The maximum Gasteiger partial charge on any atom is 0.251 e. The van der Waals surface area contributed by atoms with Crippen LogP contribution in [-0.4, -0.2) is 17.6 Å². The molecule has 0 radical (unpaired) electrons. The molecule has 0 unspecified atom stereocenters. The number of carbonyl (C=O) groups excluding carboxylic acids is 3. The Bertz CT molecular complexity index is 881. The van der Waals surface area contributed by atoms with Gasteiger partial charge in [0.2, 0.25) is 5.91 Å². The molecule has 2 rings (SSSR count). The highest BCUT2D eigenvalue weighted by molar-refractivity contribution is 6.10. The average molecular weight is 350 g/mol. The predicted octanol–water partition coefficient (Wildman–Crippen LogP) is 4.03. The lowest BCUT2D eigenvalue weighted by Crippen LogP contribution is -2.16. The van der Waals surface area contributed by atoms with Crippen molar-refractivity contribution >= 4 is 29.0 Å². The SMILES string of the molecule is CC(=O)c1ccc(NC(=O)/C=C(/C)C(=O)Nc2cc(C)ccc2C)cc1. The molecule has 0 aliphatic rings. The summed E-state index contributed by atoms with van der Waals surface area (Å²) in [4.78, 5) is 35.6. The summed E-state index contributed by atoms with van der Waals surface area (Å²) in [5, 5.41) is 5.49. The fraction of sp³-hybridized carbons (Fsp3) is 0.190. The molecule has 5 nitrogen and oxygen atoms in total. The first-order valence-electron chi connectivity index (χ1n) is 8.25. The Morgan fingerprint density at radius 3 is 2.15 bits per heavy atom. The maximum atomic E-state index is 12.3. The van der Waals surface area contributed by atoms with Crippen LogP contribution < -0.4 is 10.6 Å². The molecular weight excluding hydrogens is 328 g/mol. The number of amides is 2. The van der Waals surface area contributed by atoms with Crippen molar-refractivity contribution in [1.29, 1.82) is 0 Å². The number of rotatable bonds is 5. The summed E-state index contributed by atoms with van der Waals surface area (Å²) in [5.74, 6) is -0.781. The molecule has 0 fully saturated rings. The van der Waals surface area contributed by atoms with Crippen LogP contribution in [0.15, 0.2) is 54.1 Å². The number of hydrogen-bond donors (Lipinski definition) is 2. The zero-order valence-electron chi connectivity index (χ0n) is 15.3. The van der Waals surface area contributed by atoms with Crippen LogP contribution in [0.3, 0.4) is 0 Å². The lowest BCUT2D eigenvalue weighted by atomic mass is 10.1. The van der Waals surface area contributed by atoms with Crippen molar-refractivity contribution in [1.82, 2.24) is 0 Å². The van der Waals surface area contributed by atoms with Crippen LogP contribution in [0.2, 0.25) is 0 Å². The minimum atomic E-state index is -0.408. The van der Waals surface area contributed by atoms with Crippen molar-refractivity contribution in [3.63, 3.8) is 0 Å². The minimum absolute atomic E-state index is 0.0401. The van der Waals surface area contributed by atoms with Crippen molar-refractivity contribution < 1.29 is 14.4 Å². The zero-order valence-corrected chi connectivity index (χ0v) is 15.3. The van der Waals surface area contributed by atoms with E-state index >= 15 is 0 Å². The predicted molar refractivity (Wildman–Crippen MR) is 103 cm³/mol. The van der Waals surface area contributed by atoms with Crippen molar-refractivity contribution in [3.8, 4) is 0 Å². The summed E-state index contributed by atoms with van der Waals surface area (Å²) in [5.41, 5.74) is 4.14. The Morgan fingerprint density at radius 2 is 1.54 bits per heavy atom. The number of Topliss-reactive ketones (excluding diaryl/α,β-unsaturated/α-hetero) is 1. The average Bonchev–Trinajstić information content (AvgIpc) is 2.58. The summed E-state index contributed by atoms with van der Waals surface area (Å²) in [6, 6.07) is 12.4. The molecule has 2 N–H and O–H groups in total. The van der Waals surface area contributed by atoms with Gasteiger partial charge in [0, 0.05) is 28.6 Å². The van der Waals surface area contributed by atoms with Crippen molar-refractivity contribution in [3.05, 3.63) is 70.8 Å². The fourth-order valence-corrected chi connectivity index (χ4v) is 2.32. The summed E-state index contributed by atoms with van der Waals surface area (Å²) in [7, 11) is 0. The third kappa shape index (κ3) is 5.14. The number of anilines is 2. The zero-order chi connectivity index (χ0) is 19.3. The lowest BCUT2D eigenvalue weighted by Gasteiger charge is -2.10. The van der Waals surface area contributed by atoms with Crippen LogP contribution in [0.5, 0.6) is 0 Å². The van der Waals surface area contributed by atoms with E-state index in [1.165, 1.54) is 13.0 Å². The van der Waals surface area contributed by atoms with E-state index in [-0.39, 0.29) is 11.7 Å². The number of ketones is 1. The highest BCUT2D eigenvalue weighted by Gasteiger charge is 2.09. The lowest BCUT2D eigenvalue weighted by molar-refractivity contribution is -0.114. The van der Waals surface area contributed by atoms with Gasteiger partial charge in [-0.1, -0.05) is 12.1 Å². The molecule has 0 spiro atoms. The van der Waals surface area contributed by atoms with Crippen LogP contribution in [0.4, 0.5) is 11.4 Å². The first kappa shape index (κ1) is 19.1. The largest absolute Gasteiger partial charge is 0.323 e. The summed E-state index contributed by atoms with van der Waals surface area (Å²) >= 11 is 0. The molecule has 26 heavy (non-hydrogen) atoms. The van der Waals surface area contributed by atoms with Crippen LogP contribution in [0.25, 0.3) is 0 Å². The van der Waals surface area contributed by atoms with Gasteiger partial charge in [0.15, 0.2) is 5.78 Å². The highest BCUT2D eigenvalue weighted by atomic mass is 16.2. The van der Waals surface area contributed by atoms with Crippen molar-refractivity contribution in [2.24, 2.45) is 0 Å². The molecule has 2 amide bonds. The van der Waals surface area contributed by atoms with Gasteiger partial charge in [0.25, 0.3) is 5.91 Å². The number of aryl methyl sites for hydroxylation is 2. The van der Waals surface area contributed by atoms with Gasteiger partial charge < -0.3 is 10.6 Å². The second-order valence-corrected chi connectivity index (χ2v) is 6.22. The third-order valence-corrected chi connectivity index (χ3v) is 3.91. The van der Waals surface area contributed by atoms with Gasteiger partial charge in [-0.15, -0.1) is 0 Å². The standard InChI is InChI=1S/C21H22N2O3/c1-13-5-6-14(2)19(11-13)23-21(26)15(3)12-20(25)22-18-9-7-17(8-10-18)16(4)24/h5-12H,1-4H3,(H,22,25)(H,23,26)/b15-12-. The van der Waals surface area contributed by atoms with E-state index in [2.05, 4.69) is 10.6 Å². The Balaban J connectivity index is 2.03. The normalized spacial score (nSPS) is 11.0. The molecular formula is C21H22N2O3. The first-order valence-corrected chi connectivity index (χ1v) is 8.25. The smallest absolute Gasteiger partial charge is 0.251 e. The number of carbonyl (C=O) groups is 3. The van der Waals surface area contributed by atoms with Gasteiger partial charge in [-0.3, -0.25) is 14.4 Å². The Hall–Kier alpha value is -3.21. The Labute approximate surface area is 153 Å². The van der Waals surface area contributed by atoms with Crippen molar-refractivity contribution in [2.75, 3.05) is 10.6 Å². The van der Waals surface area contributed by atoms with Crippen LogP contribution in [0.1, 0.15) is 35.3 Å². The monoisotopic (exact) mass is 350 g/mol. The van der Waals surface area contributed by atoms with Crippen LogP contribution in [0, 0.1) is 13.8 Å². The summed E-state index contributed by atoms with van der Waals surface area (Å²) < 4.78 is 0. The van der Waals surface area contributed by atoms with E-state index in [0.29, 0.717) is 16.8 Å². The van der Waals surface area contributed by atoms with E-state index in [4.69, 9.17) is 0 Å². The van der Waals surface area contributed by atoms with Gasteiger partial charge in [0.1, 0.15) is 0 Å². The molecule has 2 aromatic rings. The van der Waals surface area contributed by atoms with E-state index in [1.54, 1.807) is 31.2 Å². The third-order valence-electron chi connectivity index (χ3n) is 3.91. The van der Waals surface area contributed by atoms with Crippen molar-refractivity contribution in [2.45, 2.75) is 27.7 Å². The summed E-state index contributed by atoms with van der Waals surface area (Å²) in [6.45, 7) is 6.92. The van der Waals surface area contributed by atoms with Gasteiger partial charge in [0.05, 0.1) is 0 Å². The van der Waals surface area contributed by atoms with Crippen LogP contribution >= 0.6 is 0 Å². The topological polar surface area (TPSA) is 75.3 Å². The molecule has 134 valence electrons. The van der Waals surface area contributed by atoms with E-state index in [0.717, 1.165) is 16.8 Å². The molecule has 5 heteroatoms. The van der Waals surface area contributed by atoms with Gasteiger partial charge >= 0.3 is 0 Å². The molecule has 0 bridgehead atoms. The molecule has 0 saturated carbocycles. The first-order chi connectivity index (χ1) is 12.3. The molecule has 0 aromatic heterocycles. The van der Waals surface area contributed by atoms with E-state index < -0.39 is 5.91 Å². The highest BCUT2D eigenvalue weighted by Crippen LogP contribution is 2.17. The number of nitrogens with one attached hydrogen (secondary N) is 2. The number of benzene rings is 2. The summed E-state index contributed by atoms with van der Waals surface area (Å²) in [6.07, 6.45) is 1.25. The number of hydrogen-bond acceptors (Lipinski definition) is 3. The minimum Gasteiger partial charge on any atom is -0.323 e. The van der Waals surface area contributed by atoms with Gasteiger partial charge in [-0.25, -0.2) is 0 Å². The van der Waals surface area contributed by atoms with E-state index in [9.17, 15) is 14.4 Å². The van der Waals surface area contributed by atoms with E-state index in [1.807, 2.05) is 32.0 Å². The fourth-order valence-electron chi connectivity index (χ4n) is 2.32. The van der Waals surface area contributed by atoms with Crippen LogP contribution in [-0.2, 0) is 9.59 Å². The maximum absolute atomic E-state index is 12.3. The molecule has 0 aliphatic heterocycles.